The zero-order valence-corrected chi connectivity index (χ0v) is 12.8. The lowest BCUT2D eigenvalue weighted by molar-refractivity contribution is -0.117. The van der Waals surface area contributed by atoms with E-state index < -0.39 is 6.03 Å². The van der Waals surface area contributed by atoms with Crippen LogP contribution in [0.15, 0.2) is 17.8 Å². The molecule has 0 aliphatic heterocycles. The maximum atomic E-state index is 11.7. The van der Waals surface area contributed by atoms with Crippen molar-refractivity contribution >= 4 is 23.7 Å². The maximum absolute atomic E-state index is 11.7. The third kappa shape index (κ3) is 4.32. The van der Waals surface area contributed by atoms with Gasteiger partial charge < -0.3 is 9.88 Å². The smallest absolute Gasteiger partial charge is 0.321 e. The Hall–Kier alpha value is -1.83. The first-order valence-corrected chi connectivity index (χ1v) is 7.88. The molecule has 1 fully saturated rings. The molecule has 0 saturated heterocycles. The summed E-state index contributed by atoms with van der Waals surface area (Å²) < 4.78 is 1.98. The van der Waals surface area contributed by atoms with E-state index in [-0.39, 0.29) is 11.7 Å². The molecule has 2 rings (SSSR count). The van der Waals surface area contributed by atoms with E-state index >= 15 is 0 Å². The zero-order chi connectivity index (χ0) is 15.2. The lowest BCUT2D eigenvalue weighted by Gasteiger charge is -2.07. The summed E-state index contributed by atoms with van der Waals surface area (Å²) in [4.78, 5) is 22.9. The van der Waals surface area contributed by atoms with E-state index in [1.807, 2.05) is 4.57 Å². The van der Waals surface area contributed by atoms with Crippen molar-refractivity contribution in [3.8, 4) is 0 Å². The number of hydrogen-bond donors (Lipinski definition) is 2. The van der Waals surface area contributed by atoms with Gasteiger partial charge in [0, 0.05) is 19.0 Å². The molecule has 0 aromatic carbocycles. The molecule has 114 valence electrons. The van der Waals surface area contributed by atoms with Gasteiger partial charge in [-0.15, -0.1) is 16.8 Å². The summed E-state index contributed by atoms with van der Waals surface area (Å²) in [6, 6.07) is -0.477. The van der Waals surface area contributed by atoms with E-state index in [0.717, 1.165) is 18.7 Å². The molecule has 1 aromatic rings. The predicted molar refractivity (Wildman–Crippen MR) is 80.1 cm³/mol. The molecule has 1 aliphatic rings. The molecule has 0 radical (unpaired) electrons. The lowest BCUT2D eigenvalue weighted by Crippen LogP contribution is -2.40. The van der Waals surface area contributed by atoms with Gasteiger partial charge in [-0.3, -0.25) is 10.1 Å². The highest BCUT2D eigenvalue weighted by atomic mass is 32.2. The van der Waals surface area contributed by atoms with E-state index in [1.165, 1.54) is 11.8 Å². The van der Waals surface area contributed by atoms with Gasteiger partial charge in [-0.05, 0) is 19.8 Å². The largest absolute Gasteiger partial charge is 0.338 e. The Morgan fingerprint density at radius 2 is 2.24 bits per heavy atom. The topological polar surface area (TPSA) is 88.9 Å². The van der Waals surface area contributed by atoms with Gasteiger partial charge >= 0.3 is 6.03 Å². The van der Waals surface area contributed by atoms with E-state index in [2.05, 4.69) is 27.4 Å². The Kier molecular flexibility index (Phi) is 5.38. The van der Waals surface area contributed by atoms with Crippen LogP contribution in [0.1, 0.15) is 31.5 Å². The number of amides is 3. The number of urea groups is 1. The van der Waals surface area contributed by atoms with Crippen LogP contribution in [0, 0.1) is 0 Å². The van der Waals surface area contributed by atoms with Crippen LogP contribution in [-0.2, 0) is 11.3 Å². The van der Waals surface area contributed by atoms with Gasteiger partial charge in [0.2, 0.25) is 5.91 Å². The second kappa shape index (κ2) is 7.26. The van der Waals surface area contributed by atoms with Crippen LogP contribution in [-0.4, -0.2) is 39.0 Å². The summed E-state index contributed by atoms with van der Waals surface area (Å²) in [5.41, 5.74) is 0. The highest BCUT2D eigenvalue weighted by Crippen LogP contribution is 2.39. The third-order valence-corrected chi connectivity index (χ3v) is 3.89. The summed E-state index contributed by atoms with van der Waals surface area (Å²) in [6.07, 6.45) is 4.06. The molecule has 21 heavy (non-hydrogen) atoms. The normalized spacial score (nSPS) is 13.8. The molecule has 2 N–H and O–H groups in total. The van der Waals surface area contributed by atoms with Crippen molar-refractivity contribution in [3.05, 3.63) is 18.5 Å². The first-order valence-electron chi connectivity index (χ1n) is 6.90. The fraction of sp³-hybridized carbons (Fsp3) is 0.538. The van der Waals surface area contributed by atoms with Crippen molar-refractivity contribution in [2.75, 3.05) is 12.3 Å². The summed E-state index contributed by atoms with van der Waals surface area (Å²) in [5, 5.41) is 13.8. The number of carbonyl (C=O) groups is 2. The van der Waals surface area contributed by atoms with Crippen molar-refractivity contribution in [1.82, 2.24) is 25.4 Å². The number of rotatable bonds is 7. The molecule has 1 heterocycles. The van der Waals surface area contributed by atoms with Gasteiger partial charge in [-0.1, -0.05) is 17.8 Å². The highest BCUT2D eigenvalue weighted by molar-refractivity contribution is 7.99. The molecule has 0 bridgehead atoms. The number of hydrogen-bond acceptors (Lipinski definition) is 5. The molecular formula is C13H19N5O2S. The minimum Gasteiger partial charge on any atom is -0.338 e. The minimum atomic E-state index is -0.477. The van der Waals surface area contributed by atoms with Crippen LogP contribution in [0.3, 0.4) is 0 Å². The highest BCUT2D eigenvalue weighted by Gasteiger charge is 2.30. The summed E-state index contributed by atoms with van der Waals surface area (Å²) in [7, 11) is 0. The van der Waals surface area contributed by atoms with Gasteiger partial charge in [-0.2, -0.15) is 0 Å². The van der Waals surface area contributed by atoms with Crippen molar-refractivity contribution < 1.29 is 9.59 Å². The maximum Gasteiger partial charge on any atom is 0.321 e. The fourth-order valence-electron chi connectivity index (χ4n) is 1.85. The van der Waals surface area contributed by atoms with E-state index in [9.17, 15) is 9.59 Å². The van der Waals surface area contributed by atoms with Crippen LogP contribution in [0.5, 0.6) is 0 Å². The van der Waals surface area contributed by atoms with Crippen LogP contribution in [0.4, 0.5) is 4.79 Å². The molecule has 0 atom stereocenters. The van der Waals surface area contributed by atoms with Crippen molar-refractivity contribution in [2.24, 2.45) is 0 Å². The Morgan fingerprint density at radius 1 is 1.48 bits per heavy atom. The Balaban J connectivity index is 1.91. The number of imide groups is 1. The quantitative estimate of drug-likeness (QED) is 0.585. The van der Waals surface area contributed by atoms with Crippen LogP contribution >= 0.6 is 11.8 Å². The van der Waals surface area contributed by atoms with Gasteiger partial charge in [0.25, 0.3) is 0 Å². The van der Waals surface area contributed by atoms with Crippen molar-refractivity contribution in [3.63, 3.8) is 0 Å². The average molecular weight is 309 g/mol. The van der Waals surface area contributed by atoms with E-state index in [4.69, 9.17) is 0 Å². The molecule has 8 heteroatoms. The predicted octanol–water partition coefficient (Wildman–Crippen LogP) is 1.28. The van der Waals surface area contributed by atoms with Gasteiger partial charge in [0.15, 0.2) is 5.16 Å². The van der Waals surface area contributed by atoms with E-state index in [1.54, 1.807) is 13.0 Å². The number of aromatic nitrogens is 3. The standard InChI is InChI=1S/C13H19N5O2S/c1-3-7-18-11(9-5-6-9)16-17-13(18)21-8-10(19)15-12(20)14-4-2/h3,9H,1,4-8H2,2H3,(H2,14,15,19,20). The summed E-state index contributed by atoms with van der Waals surface area (Å²) in [6.45, 7) is 6.62. The van der Waals surface area contributed by atoms with Crippen LogP contribution < -0.4 is 10.6 Å². The zero-order valence-electron chi connectivity index (χ0n) is 12.0. The Labute approximate surface area is 127 Å². The molecule has 0 spiro atoms. The number of nitrogens with zero attached hydrogens (tertiary/aromatic N) is 3. The lowest BCUT2D eigenvalue weighted by atomic mass is 10.4. The van der Waals surface area contributed by atoms with Crippen molar-refractivity contribution in [1.29, 1.82) is 0 Å². The number of thioether (sulfide) groups is 1. The second-order valence-electron chi connectivity index (χ2n) is 4.71. The van der Waals surface area contributed by atoms with Gasteiger partial charge in [-0.25, -0.2) is 4.79 Å². The van der Waals surface area contributed by atoms with Crippen molar-refractivity contribution in [2.45, 2.75) is 37.4 Å². The molecule has 3 amide bonds. The summed E-state index contributed by atoms with van der Waals surface area (Å²) >= 11 is 1.27. The average Bonchev–Trinajstić information content (AvgIpc) is 3.20. The number of carbonyl (C=O) groups excluding carboxylic acids is 2. The van der Waals surface area contributed by atoms with Gasteiger partial charge in [0.1, 0.15) is 5.82 Å². The first-order chi connectivity index (χ1) is 10.2. The van der Waals surface area contributed by atoms with E-state index in [0.29, 0.717) is 24.2 Å². The number of nitrogens with one attached hydrogen (secondary N) is 2. The summed E-state index contributed by atoms with van der Waals surface area (Å²) in [5.74, 6) is 1.21. The molecule has 0 unspecified atom stereocenters. The molecule has 7 nitrogen and oxygen atoms in total. The fourth-order valence-corrected chi connectivity index (χ4v) is 2.60. The molecule has 1 saturated carbocycles. The minimum absolute atomic E-state index is 0.122. The number of allylic oxidation sites excluding steroid dienone is 1. The molecule has 1 aromatic heterocycles. The molecule has 1 aliphatic carbocycles. The third-order valence-electron chi connectivity index (χ3n) is 2.92. The van der Waals surface area contributed by atoms with Crippen LogP contribution in [0.25, 0.3) is 0 Å². The Morgan fingerprint density at radius 3 is 2.86 bits per heavy atom. The Bertz CT molecular complexity index is 539. The van der Waals surface area contributed by atoms with Crippen LogP contribution in [0.2, 0.25) is 0 Å². The van der Waals surface area contributed by atoms with Gasteiger partial charge in [0.05, 0.1) is 5.75 Å². The SMILES string of the molecule is C=CCn1c(SCC(=O)NC(=O)NCC)nnc1C1CC1. The monoisotopic (exact) mass is 309 g/mol. The first kappa shape index (κ1) is 15.6. The second-order valence-corrected chi connectivity index (χ2v) is 5.65. The molecular weight excluding hydrogens is 290 g/mol.